The van der Waals surface area contributed by atoms with Gasteiger partial charge >= 0.3 is 0 Å². The van der Waals surface area contributed by atoms with E-state index in [1.165, 1.54) is 36.9 Å². The van der Waals surface area contributed by atoms with Crippen molar-refractivity contribution in [3.05, 3.63) is 29.8 Å². The van der Waals surface area contributed by atoms with Crippen LogP contribution in [-0.2, 0) is 0 Å². The van der Waals surface area contributed by atoms with Crippen molar-refractivity contribution in [2.75, 3.05) is 69.1 Å². The van der Waals surface area contributed by atoms with Gasteiger partial charge in [-0.2, -0.15) is 0 Å². The molecule has 0 atom stereocenters. The number of likely N-dealkylation sites (tertiary alicyclic amines) is 1. The lowest BCUT2D eigenvalue weighted by atomic mass is 10.1. The minimum atomic E-state index is 0.691. The lowest BCUT2D eigenvalue weighted by molar-refractivity contribution is 0.270. The Balaban J connectivity index is 1.33. The van der Waals surface area contributed by atoms with Crippen molar-refractivity contribution >= 4 is 39.7 Å². The first-order valence-electron chi connectivity index (χ1n) is 11.8. The van der Waals surface area contributed by atoms with Gasteiger partial charge in [0.2, 0.25) is 0 Å². The van der Waals surface area contributed by atoms with E-state index >= 15 is 0 Å². The Labute approximate surface area is 192 Å². The standard InChI is InChI=1S/C24H36N6S/c1-3-28-13-15-30(16-14-28)23-17-19(2)21-18-20(7-8-22(21)27-23)26-24(31)25-9-6-12-29-10-4-5-11-29/h7-8,17-18H,3-6,9-16H2,1-2H3,(H2,25,26,31). The molecular weight excluding hydrogens is 404 g/mol. The maximum atomic E-state index is 5.50. The number of nitrogens with zero attached hydrogens (tertiary/aromatic N) is 4. The molecule has 3 heterocycles. The van der Waals surface area contributed by atoms with Crippen molar-refractivity contribution in [1.82, 2.24) is 20.1 Å². The quantitative estimate of drug-likeness (QED) is 0.505. The van der Waals surface area contributed by atoms with Crippen LogP contribution in [0.5, 0.6) is 0 Å². The van der Waals surface area contributed by atoms with Crippen LogP contribution in [0.2, 0.25) is 0 Å². The Morgan fingerprint density at radius 1 is 1.03 bits per heavy atom. The zero-order valence-corrected chi connectivity index (χ0v) is 19.8. The first-order chi connectivity index (χ1) is 15.1. The van der Waals surface area contributed by atoms with Crippen molar-refractivity contribution in [3.63, 3.8) is 0 Å². The third kappa shape index (κ3) is 5.84. The Morgan fingerprint density at radius 2 is 1.81 bits per heavy atom. The van der Waals surface area contributed by atoms with Crippen LogP contribution < -0.4 is 15.5 Å². The van der Waals surface area contributed by atoms with Gasteiger partial charge in [-0.3, -0.25) is 0 Å². The predicted octanol–water partition coefficient (Wildman–Crippen LogP) is 3.46. The molecular formula is C24H36N6S. The van der Waals surface area contributed by atoms with Crippen LogP contribution in [0.1, 0.15) is 31.7 Å². The number of hydrogen-bond acceptors (Lipinski definition) is 5. The molecule has 2 N–H and O–H groups in total. The number of thiocarbonyl (C=S) groups is 1. The van der Waals surface area contributed by atoms with Gasteiger partial charge in [-0.15, -0.1) is 0 Å². The third-order valence-electron chi connectivity index (χ3n) is 6.54. The summed E-state index contributed by atoms with van der Waals surface area (Å²) >= 11 is 5.50. The molecule has 2 saturated heterocycles. The van der Waals surface area contributed by atoms with Gasteiger partial charge in [-0.25, -0.2) is 4.98 Å². The van der Waals surface area contributed by atoms with E-state index in [-0.39, 0.29) is 0 Å². The van der Waals surface area contributed by atoms with Crippen LogP contribution in [0.3, 0.4) is 0 Å². The van der Waals surface area contributed by atoms with Gasteiger partial charge in [0.1, 0.15) is 5.82 Å². The highest BCUT2D eigenvalue weighted by atomic mass is 32.1. The van der Waals surface area contributed by atoms with E-state index in [0.29, 0.717) is 5.11 Å². The fourth-order valence-corrected chi connectivity index (χ4v) is 4.82. The molecule has 0 saturated carbocycles. The van der Waals surface area contributed by atoms with E-state index in [2.05, 4.69) is 63.4 Å². The van der Waals surface area contributed by atoms with Gasteiger partial charge in [0.05, 0.1) is 5.52 Å². The molecule has 168 valence electrons. The van der Waals surface area contributed by atoms with E-state index in [1.807, 2.05) is 0 Å². The Bertz CT molecular complexity index is 887. The minimum Gasteiger partial charge on any atom is -0.362 e. The Morgan fingerprint density at radius 3 is 2.55 bits per heavy atom. The van der Waals surface area contributed by atoms with Crippen LogP contribution in [-0.4, -0.2) is 78.8 Å². The summed E-state index contributed by atoms with van der Waals surface area (Å²) in [5.74, 6) is 1.09. The molecule has 0 bridgehead atoms. The second kappa shape index (κ2) is 10.6. The average Bonchev–Trinajstić information content (AvgIpc) is 3.31. The molecule has 2 aliphatic heterocycles. The van der Waals surface area contributed by atoms with Crippen LogP contribution in [0.4, 0.5) is 11.5 Å². The molecule has 6 nitrogen and oxygen atoms in total. The lowest BCUT2D eigenvalue weighted by Crippen LogP contribution is -2.46. The molecule has 2 aromatic rings. The first kappa shape index (κ1) is 22.2. The normalized spacial score (nSPS) is 17.9. The van der Waals surface area contributed by atoms with Crippen molar-refractivity contribution < 1.29 is 0 Å². The number of piperazine rings is 1. The van der Waals surface area contributed by atoms with E-state index in [0.717, 1.165) is 69.3 Å². The predicted molar refractivity (Wildman–Crippen MR) is 135 cm³/mol. The van der Waals surface area contributed by atoms with Gasteiger partial charge in [0.25, 0.3) is 0 Å². The molecule has 1 aromatic heterocycles. The van der Waals surface area contributed by atoms with Crippen molar-refractivity contribution in [2.45, 2.75) is 33.1 Å². The van der Waals surface area contributed by atoms with Crippen LogP contribution >= 0.6 is 12.2 Å². The number of hydrogen-bond donors (Lipinski definition) is 2. The number of fused-ring (bicyclic) bond motifs is 1. The van der Waals surface area contributed by atoms with Crippen molar-refractivity contribution in [3.8, 4) is 0 Å². The third-order valence-corrected chi connectivity index (χ3v) is 6.79. The second-order valence-corrected chi connectivity index (χ2v) is 9.14. The lowest BCUT2D eigenvalue weighted by Gasteiger charge is -2.35. The first-order valence-corrected chi connectivity index (χ1v) is 12.2. The number of anilines is 2. The molecule has 0 aliphatic carbocycles. The maximum absolute atomic E-state index is 5.50. The smallest absolute Gasteiger partial charge is 0.170 e. The zero-order chi connectivity index (χ0) is 21.6. The molecule has 7 heteroatoms. The van der Waals surface area contributed by atoms with Crippen LogP contribution in [0.25, 0.3) is 10.9 Å². The SMILES string of the molecule is CCN1CCN(c2cc(C)c3cc(NC(=S)NCCCN4CCCC4)ccc3n2)CC1. The van der Waals surface area contributed by atoms with Crippen molar-refractivity contribution in [2.24, 2.45) is 0 Å². The largest absolute Gasteiger partial charge is 0.362 e. The van der Waals surface area contributed by atoms with Crippen LogP contribution in [0, 0.1) is 6.92 Å². The highest BCUT2D eigenvalue weighted by Crippen LogP contribution is 2.26. The summed E-state index contributed by atoms with van der Waals surface area (Å²) in [7, 11) is 0. The molecule has 4 rings (SSSR count). The Hall–Kier alpha value is -1.96. The van der Waals surface area contributed by atoms with Gasteiger partial charge in [0, 0.05) is 43.8 Å². The van der Waals surface area contributed by atoms with E-state index < -0.39 is 0 Å². The van der Waals surface area contributed by atoms with Crippen LogP contribution in [0.15, 0.2) is 24.3 Å². The highest BCUT2D eigenvalue weighted by molar-refractivity contribution is 7.80. The fraction of sp³-hybridized carbons (Fsp3) is 0.583. The second-order valence-electron chi connectivity index (χ2n) is 8.73. The number of nitrogens with one attached hydrogen (secondary N) is 2. The molecule has 0 radical (unpaired) electrons. The summed E-state index contributed by atoms with van der Waals surface area (Å²) in [5, 5.41) is 8.56. The summed E-state index contributed by atoms with van der Waals surface area (Å²) in [6.07, 6.45) is 3.82. The number of rotatable bonds is 7. The molecule has 2 fully saturated rings. The highest BCUT2D eigenvalue weighted by Gasteiger charge is 2.18. The number of aryl methyl sites for hydroxylation is 1. The number of aromatic nitrogens is 1. The molecule has 0 amide bonds. The van der Waals surface area contributed by atoms with E-state index in [9.17, 15) is 0 Å². The van der Waals surface area contributed by atoms with Gasteiger partial charge in [-0.05, 0) is 94.4 Å². The van der Waals surface area contributed by atoms with Gasteiger partial charge in [0.15, 0.2) is 5.11 Å². The topological polar surface area (TPSA) is 46.7 Å². The molecule has 0 spiro atoms. The number of pyridine rings is 1. The average molecular weight is 441 g/mol. The molecule has 31 heavy (non-hydrogen) atoms. The number of likely N-dealkylation sites (N-methyl/N-ethyl adjacent to an activating group) is 1. The maximum Gasteiger partial charge on any atom is 0.170 e. The summed E-state index contributed by atoms with van der Waals surface area (Å²) in [6, 6.07) is 8.57. The summed E-state index contributed by atoms with van der Waals surface area (Å²) < 4.78 is 0. The summed E-state index contributed by atoms with van der Waals surface area (Å²) in [4.78, 5) is 12.4. The summed E-state index contributed by atoms with van der Waals surface area (Å²) in [6.45, 7) is 14.4. The fourth-order valence-electron chi connectivity index (χ4n) is 4.60. The Kier molecular flexibility index (Phi) is 7.58. The summed E-state index contributed by atoms with van der Waals surface area (Å²) in [5.41, 5.74) is 3.31. The van der Waals surface area contributed by atoms with E-state index in [1.54, 1.807) is 0 Å². The molecule has 0 unspecified atom stereocenters. The van der Waals surface area contributed by atoms with Gasteiger partial charge < -0.3 is 25.3 Å². The number of benzene rings is 1. The molecule has 2 aliphatic rings. The van der Waals surface area contributed by atoms with E-state index in [4.69, 9.17) is 17.2 Å². The van der Waals surface area contributed by atoms with Crippen molar-refractivity contribution in [1.29, 1.82) is 0 Å². The minimum absolute atomic E-state index is 0.691. The monoisotopic (exact) mass is 440 g/mol. The molecule has 1 aromatic carbocycles. The zero-order valence-electron chi connectivity index (χ0n) is 19.0. The van der Waals surface area contributed by atoms with Gasteiger partial charge in [-0.1, -0.05) is 6.92 Å².